The molecule has 1 aliphatic heterocycles. The second-order valence-electron chi connectivity index (χ2n) is 4.91. The Hall–Kier alpha value is -2.40. The minimum atomic E-state index is -0.321. The van der Waals surface area contributed by atoms with E-state index in [2.05, 4.69) is 10.6 Å². The maximum atomic E-state index is 12.0. The number of urea groups is 1. The summed E-state index contributed by atoms with van der Waals surface area (Å²) in [5.41, 5.74) is 1.50. The number of benzene rings is 2. The van der Waals surface area contributed by atoms with Crippen LogP contribution in [0.2, 0.25) is 5.02 Å². The van der Waals surface area contributed by atoms with Crippen LogP contribution in [-0.2, 0) is 0 Å². The van der Waals surface area contributed by atoms with E-state index in [-0.39, 0.29) is 18.9 Å². The Labute approximate surface area is 133 Å². The molecule has 114 valence electrons. The topological polar surface area (TPSA) is 59.6 Å². The third kappa shape index (κ3) is 3.09. The van der Waals surface area contributed by atoms with Gasteiger partial charge in [-0.05, 0) is 36.8 Å². The van der Waals surface area contributed by atoms with Crippen molar-refractivity contribution in [1.82, 2.24) is 5.32 Å². The zero-order valence-corrected chi connectivity index (χ0v) is 12.7. The number of halogens is 1. The standard InChI is InChI=1S/C16H15ClN2O3/c1-10(11-6-7-14-15(8-11)22-9-21-14)18-16(20)19-13-5-3-2-4-12(13)17/h2-8,10H,9H2,1H3,(H2,18,19,20)/t10-/m0/s1. The maximum absolute atomic E-state index is 12.0. The van der Waals surface area contributed by atoms with Crippen LogP contribution in [0.3, 0.4) is 0 Å². The molecule has 2 N–H and O–H groups in total. The number of hydrogen-bond acceptors (Lipinski definition) is 3. The van der Waals surface area contributed by atoms with Gasteiger partial charge in [0.05, 0.1) is 16.8 Å². The van der Waals surface area contributed by atoms with Gasteiger partial charge in [0.2, 0.25) is 6.79 Å². The molecule has 0 unspecified atom stereocenters. The first-order valence-corrected chi connectivity index (χ1v) is 7.23. The number of ether oxygens (including phenoxy) is 2. The van der Waals surface area contributed by atoms with E-state index in [9.17, 15) is 4.79 Å². The molecule has 0 aromatic heterocycles. The van der Waals surface area contributed by atoms with Gasteiger partial charge in [-0.3, -0.25) is 0 Å². The molecule has 0 aliphatic carbocycles. The summed E-state index contributed by atoms with van der Waals surface area (Å²) in [5.74, 6) is 1.41. The zero-order chi connectivity index (χ0) is 15.5. The molecule has 2 aromatic carbocycles. The number of nitrogens with one attached hydrogen (secondary N) is 2. The van der Waals surface area contributed by atoms with Crippen molar-refractivity contribution >= 4 is 23.3 Å². The Morgan fingerprint density at radius 1 is 1.18 bits per heavy atom. The normalized spacial score (nSPS) is 13.5. The SMILES string of the molecule is C[C@H](NC(=O)Nc1ccccc1Cl)c1ccc2c(c1)OCO2. The van der Waals surface area contributed by atoms with Crippen LogP contribution >= 0.6 is 11.6 Å². The Morgan fingerprint density at radius 3 is 2.77 bits per heavy atom. The smallest absolute Gasteiger partial charge is 0.319 e. The monoisotopic (exact) mass is 318 g/mol. The van der Waals surface area contributed by atoms with Crippen LogP contribution in [0.4, 0.5) is 10.5 Å². The Bertz CT molecular complexity index is 706. The van der Waals surface area contributed by atoms with Gasteiger partial charge in [-0.25, -0.2) is 4.79 Å². The summed E-state index contributed by atoms with van der Waals surface area (Å²) in [6.07, 6.45) is 0. The summed E-state index contributed by atoms with van der Waals surface area (Å²) in [4.78, 5) is 12.0. The molecule has 2 amide bonds. The molecule has 0 saturated heterocycles. The van der Waals surface area contributed by atoms with Crippen LogP contribution in [0.25, 0.3) is 0 Å². The van der Waals surface area contributed by atoms with Gasteiger partial charge >= 0.3 is 6.03 Å². The second-order valence-corrected chi connectivity index (χ2v) is 5.32. The molecule has 1 aliphatic rings. The molecule has 0 spiro atoms. The van der Waals surface area contributed by atoms with Gasteiger partial charge < -0.3 is 20.1 Å². The predicted molar refractivity (Wildman–Crippen MR) is 84.6 cm³/mol. The molecule has 22 heavy (non-hydrogen) atoms. The minimum absolute atomic E-state index is 0.183. The largest absolute Gasteiger partial charge is 0.454 e. The quantitative estimate of drug-likeness (QED) is 0.900. The highest BCUT2D eigenvalue weighted by Crippen LogP contribution is 2.34. The Morgan fingerprint density at radius 2 is 1.95 bits per heavy atom. The van der Waals surface area contributed by atoms with Gasteiger partial charge in [0.1, 0.15) is 0 Å². The number of rotatable bonds is 3. The maximum Gasteiger partial charge on any atom is 0.319 e. The molecule has 0 fully saturated rings. The average Bonchev–Trinajstić information content (AvgIpc) is 2.97. The van der Waals surface area contributed by atoms with E-state index >= 15 is 0 Å². The highest BCUT2D eigenvalue weighted by molar-refractivity contribution is 6.33. The molecular weight excluding hydrogens is 304 g/mol. The van der Waals surface area contributed by atoms with Crippen LogP contribution in [-0.4, -0.2) is 12.8 Å². The molecule has 1 atom stereocenters. The van der Waals surface area contributed by atoms with E-state index in [1.54, 1.807) is 18.2 Å². The molecule has 0 radical (unpaired) electrons. The summed E-state index contributed by atoms with van der Waals surface area (Å²) in [5, 5.41) is 6.08. The molecule has 1 heterocycles. The van der Waals surface area contributed by atoms with Crippen molar-refractivity contribution < 1.29 is 14.3 Å². The van der Waals surface area contributed by atoms with Crippen molar-refractivity contribution in [2.45, 2.75) is 13.0 Å². The first-order chi connectivity index (χ1) is 10.6. The summed E-state index contributed by atoms with van der Waals surface area (Å²) in [6.45, 7) is 2.12. The van der Waals surface area contributed by atoms with Crippen LogP contribution in [0.5, 0.6) is 11.5 Å². The number of carbonyl (C=O) groups is 1. The van der Waals surface area contributed by atoms with Gasteiger partial charge in [0.15, 0.2) is 11.5 Å². The summed E-state index contributed by atoms with van der Waals surface area (Å²) < 4.78 is 10.6. The summed E-state index contributed by atoms with van der Waals surface area (Å²) in [6, 6.07) is 12.2. The first-order valence-electron chi connectivity index (χ1n) is 6.85. The van der Waals surface area contributed by atoms with Crippen molar-refractivity contribution in [2.75, 3.05) is 12.1 Å². The van der Waals surface area contributed by atoms with E-state index < -0.39 is 0 Å². The lowest BCUT2D eigenvalue weighted by Gasteiger charge is -2.16. The number of anilines is 1. The van der Waals surface area contributed by atoms with Crippen LogP contribution in [0.1, 0.15) is 18.5 Å². The molecule has 6 heteroatoms. The molecule has 5 nitrogen and oxygen atoms in total. The van der Waals surface area contributed by atoms with Crippen molar-refractivity contribution in [3.05, 3.63) is 53.1 Å². The van der Waals surface area contributed by atoms with E-state index in [0.29, 0.717) is 16.5 Å². The summed E-state index contributed by atoms with van der Waals surface area (Å²) >= 11 is 6.01. The number of carbonyl (C=O) groups excluding carboxylic acids is 1. The van der Waals surface area contributed by atoms with Gasteiger partial charge in [0.25, 0.3) is 0 Å². The molecular formula is C16H15ClN2O3. The number of fused-ring (bicyclic) bond motifs is 1. The lowest BCUT2D eigenvalue weighted by atomic mass is 10.1. The third-order valence-electron chi connectivity index (χ3n) is 3.37. The van der Waals surface area contributed by atoms with E-state index in [1.807, 2.05) is 31.2 Å². The lowest BCUT2D eigenvalue weighted by Crippen LogP contribution is -2.31. The van der Waals surface area contributed by atoms with Crippen molar-refractivity contribution in [2.24, 2.45) is 0 Å². The fraction of sp³-hybridized carbons (Fsp3) is 0.188. The van der Waals surface area contributed by atoms with Gasteiger partial charge in [0, 0.05) is 0 Å². The average molecular weight is 319 g/mol. The van der Waals surface area contributed by atoms with Gasteiger partial charge in [-0.15, -0.1) is 0 Å². The molecule has 0 saturated carbocycles. The van der Waals surface area contributed by atoms with Crippen LogP contribution in [0, 0.1) is 0 Å². The number of hydrogen-bond donors (Lipinski definition) is 2. The van der Waals surface area contributed by atoms with E-state index in [1.165, 1.54) is 0 Å². The first kappa shape index (κ1) is 14.5. The highest BCUT2D eigenvalue weighted by Gasteiger charge is 2.17. The van der Waals surface area contributed by atoms with E-state index in [4.69, 9.17) is 21.1 Å². The molecule has 0 bridgehead atoms. The summed E-state index contributed by atoms with van der Waals surface area (Å²) in [7, 11) is 0. The predicted octanol–water partition coefficient (Wildman–Crippen LogP) is 3.95. The van der Waals surface area contributed by atoms with Crippen molar-refractivity contribution in [3.63, 3.8) is 0 Å². The second kappa shape index (κ2) is 6.15. The minimum Gasteiger partial charge on any atom is -0.454 e. The van der Waals surface area contributed by atoms with Crippen LogP contribution in [0.15, 0.2) is 42.5 Å². The fourth-order valence-electron chi connectivity index (χ4n) is 2.18. The van der Waals surface area contributed by atoms with Crippen molar-refractivity contribution in [3.8, 4) is 11.5 Å². The highest BCUT2D eigenvalue weighted by atomic mass is 35.5. The number of amides is 2. The van der Waals surface area contributed by atoms with E-state index in [0.717, 1.165) is 11.3 Å². The fourth-order valence-corrected chi connectivity index (χ4v) is 2.37. The number of para-hydroxylation sites is 1. The molecule has 3 rings (SSSR count). The zero-order valence-electron chi connectivity index (χ0n) is 11.9. The Balaban J connectivity index is 1.65. The Kier molecular flexibility index (Phi) is 4.06. The van der Waals surface area contributed by atoms with Crippen LogP contribution < -0.4 is 20.1 Å². The van der Waals surface area contributed by atoms with Gasteiger partial charge in [-0.2, -0.15) is 0 Å². The third-order valence-corrected chi connectivity index (χ3v) is 3.70. The lowest BCUT2D eigenvalue weighted by molar-refractivity contribution is 0.174. The van der Waals surface area contributed by atoms with Gasteiger partial charge in [-0.1, -0.05) is 29.8 Å². The molecule has 2 aromatic rings. The van der Waals surface area contributed by atoms with Crippen molar-refractivity contribution in [1.29, 1.82) is 0 Å².